The lowest BCUT2D eigenvalue weighted by Crippen LogP contribution is -2.33. The lowest BCUT2D eigenvalue weighted by molar-refractivity contribution is -0.123. The van der Waals surface area contributed by atoms with E-state index in [4.69, 9.17) is 16.4 Å². The van der Waals surface area contributed by atoms with Gasteiger partial charge in [0.25, 0.3) is 5.91 Å². The van der Waals surface area contributed by atoms with Gasteiger partial charge in [-0.2, -0.15) is 0 Å². The predicted octanol–water partition coefficient (Wildman–Crippen LogP) is 5.13. The van der Waals surface area contributed by atoms with Gasteiger partial charge in [0.1, 0.15) is 12.9 Å². The Balaban J connectivity index is 1.57. The van der Waals surface area contributed by atoms with Crippen LogP contribution in [0.2, 0.25) is 5.02 Å². The predicted molar refractivity (Wildman–Crippen MR) is 126 cm³/mol. The molecule has 3 aromatic rings. The van der Waals surface area contributed by atoms with Gasteiger partial charge in [0.05, 0.1) is 0 Å². The van der Waals surface area contributed by atoms with E-state index in [0.717, 1.165) is 23.4 Å². The first-order valence-corrected chi connectivity index (χ1v) is 10.9. The Labute approximate surface area is 192 Å². The number of halogens is 1. The van der Waals surface area contributed by atoms with Crippen LogP contribution in [0.25, 0.3) is 0 Å². The second kappa shape index (κ2) is 9.45. The fourth-order valence-corrected chi connectivity index (χ4v) is 4.49. The molecule has 1 aliphatic rings. The quantitative estimate of drug-likeness (QED) is 0.420. The number of hydrogen-bond acceptors (Lipinski definition) is 4. The average Bonchev–Trinajstić information content (AvgIpc) is 3.22. The smallest absolute Gasteiger partial charge is 0.276 e. The van der Waals surface area contributed by atoms with Gasteiger partial charge in [-0.05, 0) is 53.8 Å². The van der Waals surface area contributed by atoms with E-state index in [1.165, 1.54) is 23.1 Å². The SMILES string of the molecule is CON=C(C(=O)N(C)Cc1cc(C2CCc3cc(Cl)ccc32)ccc1O)c1ccccc1. The molecule has 0 radical (unpaired) electrons. The number of phenols is 1. The van der Waals surface area contributed by atoms with Crippen molar-refractivity contribution in [3.8, 4) is 5.75 Å². The van der Waals surface area contributed by atoms with Crippen LogP contribution in [0.3, 0.4) is 0 Å². The lowest BCUT2D eigenvalue weighted by Gasteiger charge is -2.20. The monoisotopic (exact) mass is 448 g/mol. The van der Waals surface area contributed by atoms with Crippen molar-refractivity contribution >= 4 is 23.2 Å². The molecule has 164 valence electrons. The Hall–Kier alpha value is -3.31. The van der Waals surface area contributed by atoms with Crippen molar-refractivity contribution in [3.63, 3.8) is 0 Å². The summed E-state index contributed by atoms with van der Waals surface area (Å²) < 4.78 is 0. The lowest BCUT2D eigenvalue weighted by atomic mass is 9.91. The van der Waals surface area contributed by atoms with Crippen LogP contribution >= 0.6 is 11.6 Å². The standard InChI is InChI=1S/C26H25ClN2O3/c1-29(26(31)25(28-32-2)17-6-4-3-5-7-17)16-20-14-18(9-13-24(20)30)22-11-8-19-15-21(27)10-12-23(19)22/h3-7,9-10,12-15,22,30H,8,11,16H2,1-2H3. The maximum atomic E-state index is 13.1. The van der Waals surface area contributed by atoms with E-state index in [9.17, 15) is 9.90 Å². The Kier molecular flexibility index (Phi) is 6.47. The van der Waals surface area contributed by atoms with Crippen molar-refractivity contribution in [2.24, 2.45) is 5.16 Å². The van der Waals surface area contributed by atoms with Crippen LogP contribution in [0.1, 0.15) is 40.2 Å². The Morgan fingerprint density at radius 1 is 1.16 bits per heavy atom. The average molecular weight is 449 g/mol. The number of amides is 1. The number of carbonyl (C=O) groups is 1. The van der Waals surface area contributed by atoms with Gasteiger partial charge in [0.2, 0.25) is 0 Å². The molecule has 1 unspecified atom stereocenters. The van der Waals surface area contributed by atoms with Gasteiger partial charge in [-0.3, -0.25) is 4.79 Å². The van der Waals surface area contributed by atoms with Crippen LogP contribution in [0.5, 0.6) is 5.75 Å². The summed E-state index contributed by atoms with van der Waals surface area (Å²) in [5.74, 6) is 0.119. The molecule has 0 heterocycles. The number of likely N-dealkylation sites (N-methyl/N-ethyl adjacent to an activating group) is 1. The number of aryl methyl sites for hydroxylation is 1. The Morgan fingerprint density at radius 2 is 1.94 bits per heavy atom. The highest BCUT2D eigenvalue weighted by molar-refractivity contribution is 6.45. The van der Waals surface area contributed by atoms with Crippen LogP contribution in [0.15, 0.2) is 71.9 Å². The fourth-order valence-electron chi connectivity index (χ4n) is 4.29. The van der Waals surface area contributed by atoms with Gasteiger partial charge in [-0.15, -0.1) is 0 Å². The number of aromatic hydroxyl groups is 1. The zero-order valence-electron chi connectivity index (χ0n) is 18.1. The van der Waals surface area contributed by atoms with E-state index in [1.807, 2.05) is 54.6 Å². The molecule has 0 bridgehead atoms. The summed E-state index contributed by atoms with van der Waals surface area (Å²) >= 11 is 6.15. The molecule has 1 amide bonds. The molecule has 32 heavy (non-hydrogen) atoms. The van der Waals surface area contributed by atoms with Gasteiger partial charge >= 0.3 is 0 Å². The summed E-state index contributed by atoms with van der Waals surface area (Å²) in [6, 6.07) is 20.9. The summed E-state index contributed by atoms with van der Waals surface area (Å²) in [5.41, 5.74) is 5.24. The van der Waals surface area contributed by atoms with Crippen LogP contribution in [0.4, 0.5) is 0 Å². The van der Waals surface area contributed by atoms with E-state index in [-0.39, 0.29) is 29.8 Å². The molecule has 1 N–H and O–H groups in total. The molecular weight excluding hydrogens is 424 g/mol. The first-order valence-electron chi connectivity index (χ1n) is 10.5. The number of nitrogens with zero attached hydrogens (tertiary/aromatic N) is 2. The molecule has 0 spiro atoms. The molecule has 4 rings (SSSR count). The zero-order valence-corrected chi connectivity index (χ0v) is 18.8. The van der Waals surface area contributed by atoms with E-state index in [0.29, 0.717) is 11.1 Å². The number of fused-ring (bicyclic) bond motifs is 1. The second-order valence-electron chi connectivity index (χ2n) is 7.97. The summed E-state index contributed by atoms with van der Waals surface area (Å²) in [6.45, 7) is 0.244. The third-order valence-corrected chi connectivity index (χ3v) is 6.11. The zero-order chi connectivity index (χ0) is 22.7. The van der Waals surface area contributed by atoms with Crippen molar-refractivity contribution in [2.45, 2.75) is 25.3 Å². The van der Waals surface area contributed by atoms with Gasteiger partial charge in [-0.1, -0.05) is 59.2 Å². The summed E-state index contributed by atoms with van der Waals surface area (Å²) in [7, 11) is 3.10. The van der Waals surface area contributed by atoms with E-state index in [1.54, 1.807) is 13.1 Å². The van der Waals surface area contributed by atoms with Gasteiger partial charge in [0.15, 0.2) is 5.71 Å². The number of carbonyl (C=O) groups excluding carboxylic acids is 1. The van der Waals surface area contributed by atoms with E-state index in [2.05, 4.69) is 11.2 Å². The van der Waals surface area contributed by atoms with Crippen molar-refractivity contribution < 1.29 is 14.7 Å². The maximum Gasteiger partial charge on any atom is 0.276 e. The minimum absolute atomic E-state index is 0.160. The number of oxime groups is 1. The molecule has 0 saturated heterocycles. The highest BCUT2D eigenvalue weighted by atomic mass is 35.5. The number of rotatable bonds is 6. The van der Waals surface area contributed by atoms with Crippen molar-refractivity contribution in [1.82, 2.24) is 4.90 Å². The van der Waals surface area contributed by atoms with Gasteiger partial charge < -0.3 is 14.8 Å². The van der Waals surface area contributed by atoms with Crippen LogP contribution in [-0.4, -0.2) is 35.8 Å². The summed E-state index contributed by atoms with van der Waals surface area (Å²) in [4.78, 5) is 19.6. The molecule has 0 saturated carbocycles. The third kappa shape index (κ3) is 4.48. The molecule has 0 aromatic heterocycles. The third-order valence-electron chi connectivity index (χ3n) is 5.88. The highest BCUT2D eigenvalue weighted by Crippen LogP contribution is 2.40. The summed E-state index contributed by atoms with van der Waals surface area (Å²) in [5, 5.41) is 15.2. The van der Waals surface area contributed by atoms with Crippen LogP contribution in [-0.2, 0) is 22.6 Å². The van der Waals surface area contributed by atoms with E-state index >= 15 is 0 Å². The second-order valence-corrected chi connectivity index (χ2v) is 8.41. The largest absolute Gasteiger partial charge is 0.508 e. The minimum atomic E-state index is -0.288. The number of phenolic OH excluding ortho intramolecular Hbond substituents is 1. The molecule has 0 aliphatic heterocycles. The highest BCUT2D eigenvalue weighted by Gasteiger charge is 2.26. The van der Waals surface area contributed by atoms with Crippen molar-refractivity contribution in [2.75, 3.05) is 14.2 Å². The maximum absolute atomic E-state index is 13.1. The van der Waals surface area contributed by atoms with Gasteiger partial charge in [0, 0.05) is 35.7 Å². The first-order chi connectivity index (χ1) is 15.5. The molecule has 6 heteroatoms. The Morgan fingerprint density at radius 3 is 2.69 bits per heavy atom. The van der Waals surface area contributed by atoms with Crippen molar-refractivity contribution in [3.05, 3.63) is 99.6 Å². The molecule has 0 fully saturated rings. The topological polar surface area (TPSA) is 62.1 Å². The molecule has 1 atom stereocenters. The summed E-state index contributed by atoms with van der Waals surface area (Å²) in [6.07, 6.45) is 1.97. The van der Waals surface area contributed by atoms with Crippen LogP contribution in [0, 0.1) is 0 Å². The molecular formula is C26H25ClN2O3. The molecule has 3 aromatic carbocycles. The minimum Gasteiger partial charge on any atom is -0.508 e. The number of hydrogen-bond donors (Lipinski definition) is 1. The molecule has 5 nitrogen and oxygen atoms in total. The molecule has 1 aliphatic carbocycles. The number of benzene rings is 3. The van der Waals surface area contributed by atoms with Gasteiger partial charge in [-0.25, -0.2) is 0 Å². The van der Waals surface area contributed by atoms with E-state index < -0.39 is 0 Å². The van der Waals surface area contributed by atoms with Crippen molar-refractivity contribution in [1.29, 1.82) is 0 Å². The fraction of sp³-hybridized carbons (Fsp3) is 0.231. The Bertz CT molecular complexity index is 1160. The van der Waals surface area contributed by atoms with Crippen LogP contribution < -0.4 is 0 Å². The normalized spacial score (nSPS) is 15.3. The first kappa shape index (κ1) is 21.9.